The predicted molar refractivity (Wildman–Crippen MR) is 86.2 cm³/mol. The second-order valence-electron chi connectivity index (χ2n) is 6.45. The molecule has 0 atom stereocenters. The van der Waals surface area contributed by atoms with Crippen molar-refractivity contribution in [3.8, 4) is 0 Å². The van der Waals surface area contributed by atoms with E-state index >= 15 is 0 Å². The fraction of sp³-hybridized carbons (Fsp3) is 0.444. The minimum absolute atomic E-state index is 0.178. The van der Waals surface area contributed by atoms with E-state index in [9.17, 15) is 9.59 Å². The van der Waals surface area contributed by atoms with Gasteiger partial charge in [-0.2, -0.15) is 0 Å². The summed E-state index contributed by atoms with van der Waals surface area (Å²) in [5, 5.41) is 0. The molecule has 1 aromatic carbocycles. The SMILES string of the molecule is CC(C)CC1=C(C=O)OC(C)(C)N1C(=O)OCc1ccccc1. The Bertz CT molecular complexity index is 605. The first kappa shape index (κ1) is 17.1. The first-order valence-corrected chi connectivity index (χ1v) is 7.73. The third kappa shape index (κ3) is 3.92. The molecule has 0 aromatic heterocycles. The van der Waals surface area contributed by atoms with E-state index in [-0.39, 0.29) is 18.3 Å². The molecule has 1 aliphatic rings. The maximum atomic E-state index is 12.6. The van der Waals surface area contributed by atoms with E-state index in [2.05, 4.69) is 0 Å². The van der Waals surface area contributed by atoms with Gasteiger partial charge in [0.05, 0.1) is 5.70 Å². The number of ether oxygens (including phenoxy) is 2. The lowest BCUT2D eigenvalue weighted by atomic mass is 10.1. The summed E-state index contributed by atoms with van der Waals surface area (Å²) in [6.45, 7) is 7.71. The lowest BCUT2D eigenvalue weighted by Crippen LogP contribution is -2.44. The molecule has 0 saturated heterocycles. The minimum Gasteiger partial charge on any atom is -0.463 e. The van der Waals surface area contributed by atoms with Crippen molar-refractivity contribution < 1.29 is 19.1 Å². The number of allylic oxidation sites excluding steroid dienone is 2. The molecule has 5 nitrogen and oxygen atoms in total. The van der Waals surface area contributed by atoms with Crippen molar-refractivity contribution in [2.75, 3.05) is 0 Å². The molecular weight excluding hydrogens is 294 g/mol. The molecule has 5 heteroatoms. The van der Waals surface area contributed by atoms with Crippen molar-refractivity contribution in [3.63, 3.8) is 0 Å². The number of carbonyl (C=O) groups excluding carboxylic acids is 2. The Balaban J connectivity index is 2.17. The Kier molecular flexibility index (Phi) is 5.08. The summed E-state index contributed by atoms with van der Waals surface area (Å²) in [5.74, 6) is 0.488. The van der Waals surface area contributed by atoms with Gasteiger partial charge in [0.2, 0.25) is 0 Å². The summed E-state index contributed by atoms with van der Waals surface area (Å²) in [7, 11) is 0. The van der Waals surface area contributed by atoms with Crippen LogP contribution in [0.3, 0.4) is 0 Å². The molecule has 23 heavy (non-hydrogen) atoms. The molecule has 2 rings (SSSR count). The number of nitrogens with zero attached hydrogens (tertiary/aromatic N) is 1. The Morgan fingerprint density at radius 1 is 1.30 bits per heavy atom. The summed E-state index contributed by atoms with van der Waals surface area (Å²) in [6.07, 6.45) is 0.716. The van der Waals surface area contributed by atoms with Crippen LogP contribution in [0.15, 0.2) is 41.8 Å². The van der Waals surface area contributed by atoms with Gasteiger partial charge in [0, 0.05) is 0 Å². The van der Waals surface area contributed by atoms with Crippen molar-refractivity contribution in [2.24, 2.45) is 5.92 Å². The van der Waals surface area contributed by atoms with Crippen molar-refractivity contribution >= 4 is 12.4 Å². The molecule has 0 spiro atoms. The summed E-state index contributed by atoms with van der Waals surface area (Å²) >= 11 is 0. The summed E-state index contributed by atoms with van der Waals surface area (Å²) in [6, 6.07) is 9.46. The largest absolute Gasteiger partial charge is 0.463 e. The van der Waals surface area contributed by atoms with E-state index in [0.29, 0.717) is 18.4 Å². The zero-order valence-electron chi connectivity index (χ0n) is 14.0. The van der Waals surface area contributed by atoms with Gasteiger partial charge in [-0.05, 0) is 31.7 Å². The first-order chi connectivity index (χ1) is 10.8. The highest BCUT2D eigenvalue weighted by atomic mass is 16.6. The number of hydrogen-bond acceptors (Lipinski definition) is 4. The fourth-order valence-corrected chi connectivity index (χ4v) is 2.59. The molecule has 0 N–H and O–H groups in total. The molecule has 0 bridgehead atoms. The molecule has 0 unspecified atom stereocenters. The summed E-state index contributed by atoms with van der Waals surface area (Å²) in [5.41, 5.74) is 0.552. The number of hydrogen-bond donors (Lipinski definition) is 0. The smallest absolute Gasteiger partial charge is 0.417 e. The zero-order valence-corrected chi connectivity index (χ0v) is 14.0. The second kappa shape index (κ2) is 6.86. The van der Waals surface area contributed by atoms with Gasteiger partial charge < -0.3 is 9.47 Å². The van der Waals surface area contributed by atoms with Gasteiger partial charge in [-0.25, -0.2) is 9.69 Å². The monoisotopic (exact) mass is 317 g/mol. The normalized spacial score (nSPS) is 16.5. The van der Waals surface area contributed by atoms with Crippen LogP contribution in [-0.2, 0) is 20.9 Å². The van der Waals surface area contributed by atoms with E-state index in [1.807, 2.05) is 44.2 Å². The van der Waals surface area contributed by atoms with Crippen molar-refractivity contribution in [1.82, 2.24) is 4.90 Å². The molecule has 1 aliphatic heterocycles. The Morgan fingerprint density at radius 2 is 1.96 bits per heavy atom. The van der Waals surface area contributed by atoms with Crippen LogP contribution in [0.5, 0.6) is 0 Å². The highest BCUT2D eigenvalue weighted by Crippen LogP contribution is 2.37. The van der Waals surface area contributed by atoms with Crippen LogP contribution >= 0.6 is 0 Å². The molecule has 0 fully saturated rings. The lowest BCUT2D eigenvalue weighted by Gasteiger charge is -2.31. The van der Waals surface area contributed by atoms with Gasteiger partial charge in [0.15, 0.2) is 17.8 Å². The first-order valence-electron chi connectivity index (χ1n) is 7.73. The summed E-state index contributed by atoms with van der Waals surface area (Å²) in [4.78, 5) is 25.3. The van der Waals surface area contributed by atoms with Gasteiger partial charge in [-0.1, -0.05) is 44.2 Å². The maximum absolute atomic E-state index is 12.6. The average molecular weight is 317 g/mol. The van der Waals surface area contributed by atoms with Crippen molar-refractivity contribution in [1.29, 1.82) is 0 Å². The van der Waals surface area contributed by atoms with Crippen molar-refractivity contribution in [2.45, 2.75) is 46.4 Å². The summed E-state index contributed by atoms with van der Waals surface area (Å²) < 4.78 is 11.0. The molecule has 124 valence electrons. The van der Waals surface area contributed by atoms with E-state index in [0.717, 1.165) is 5.56 Å². The molecule has 1 amide bonds. The van der Waals surface area contributed by atoms with E-state index in [1.165, 1.54) is 4.90 Å². The Labute approximate surface area is 136 Å². The fourth-order valence-electron chi connectivity index (χ4n) is 2.59. The molecule has 1 heterocycles. The highest BCUT2D eigenvalue weighted by molar-refractivity contribution is 5.78. The van der Waals surface area contributed by atoms with Crippen LogP contribution in [0.4, 0.5) is 4.79 Å². The van der Waals surface area contributed by atoms with Crippen LogP contribution < -0.4 is 0 Å². The number of benzene rings is 1. The Morgan fingerprint density at radius 3 is 2.52 bits per heavy atom. The van der Waals surface area contributed by atoms with Crippen LogP contribution in [-0.4, -0.2) is 23.0 Å². The zero-order chi connectivity index (χ0) is 17.0. The van der Waals surface area contributed by atoms with Crippen molar-refractivity contribution in [3.05, 3.63) is 47.4 Å². The van der Waals surface area contributed by atoms with Gasteiger partial charge in [0.25, 0.3) is 0 Å². The molecule has 1 aromatic rings. The lowest BCUT2D eigenvalue weighted by molar-refractivity contribution is -0.111. The quantitative estimate of drug-likeness (QED) is 0.774. The number of rotatable bonds is 5. The van der Waals surface area contributed by atoms with E-state index in [4.69, 9.17) is 9.47 Å². The standard InChI is InChI=1S/C18H23NO4/c1-13(2)10-15-16(11-20)23-18(3,4)19(15)17(21)22-12-14-8-6-5-7-9-14/h5-9,11,13H,10,12H2,1-4H3. The maximum Gasteiger partial charge on any atom is 0.417 e. The topological polar surface area (TPSA) is 55.8 Å². The third-order valence-corrected chi connectivity index (χ3v) is 3.55. The highest BCUT2D eigenvalue weighted by Gasteiger charge is 2.44. The van der Waals surface area contributed by atoms with Crippen LogP contribution in [0.25, 0.3) is 0 Å². The van der Waals surface area contributed by atoms with Crippen LogP contribution in [0, 0.1) is 5.92 Å². The minimum atomic E-state index is -0.936. The average Bonchev–Trinajstić information content (AvgIpc) is 2.75. The number of amides is 1. The van der Waals surface area contributed by atoms with Crippen LogP contribution in [0.1, 0.15) is 39.7 Å². The molecular formula is C18H23NO4. The molecule has 0 saturated carbocycles. The Hall–Kier alpha value is -2.30. The van der Waals surface area contributed by atoms with Gasteiger partial charge in [-0.15, -0.1) is 0 Å². The third-order valence-electron chi connectivity index (χ3n) is 3.55. The van der Waals surface area contributed by atoms with Crippen LogP contribution in [0.2, 0.25) is 0 Å². The van der Waals surface area contributed by atoms with E-state index < -0.39 is 11.8 Å². The van der Waals surface area contributed by atoms with Gasteiger partial charge in [0.1, 0.15) is 6.61 Å². The van der Waals surface area contributed by atoms with Gasteiger partial charge >= 0.3 is 6.09 Å². The number of carbonyl (C=O) groups is 2. The second-order valence-corrected chi connectivity index (χ2v) is 6.45. The predicted octanol–water partition coefficient (Wildman–Crippen LogP) is 3.85. The van der Waals surface area contributed by atoms with E-state index in [1.54, 1.807) is 13.8 Å². The number of aldehydes is 1. The van der Waals surface area contributed by atoms with Gasteiger partial charge in [-0.3, -0.25) is 4.79 Å². The molecule has 0 aliphatic carbocycles. The molecule has 0 radical (unpaired) electrons.